The molecule has 2 rings (SSSR count). The monoisotopic (exact) mass is 309 g/mol. The predicted molar refractivity (Wildman–Crippen MR) is 82.8 cm³/mol. The van der Waals surface area contributed by atoms with Crippen LogP contribution in [0.25, 0.3) is 0 Å². The average Bonchev–Trinajstić information content (AvgIpc) is 2.89. The molecule has 0 aliphatic rings. The second-order valence-electron chi connectivity index (χ2n) is 4.90. The topological polar surface area (TPSA) is 59.3 Å². The normalized spacial score (nSPS) is 12.3. The zero-order valence-electron chi connectivity index (χ0n) is 12.0. The molecule has 1 heterocycles. The third-order valence-electron chi connectivity index (χ3n) is 2.92. The van der Waals surface area contributed by atoms with Crippen LogP contribution in [0.15, 0.2) is 36.7 Å². The number of benzene rings is 1. The fourth-order valence-electron chi connectivity index (χ4n) is 1.83. The van der Waals surface area contributed by atoms with E-state index < -0.39 is 6.10 Å². The zero-order valence-corrected chi connectivity index (χ0v) is 12.8. The third-order valence-corrected chi connectivity index (χ3v) is 3.17. The van der Waals surface area contributed by atoms with Crippen LogP contribution in [0.3, 0.4) is 0 Å². The Hall–Kier alpha value is -1.56. The number of aryl methyl sites for hydroxylation is 1. The number of nitrogens with one attached hydrogen (secondary N) is 1. The van der Waals surface area contributed by atoms with Gasteiger partial charge in [-0.2, -0.15) is 5.10 Å². The summed E-state index contributed by atoms with van der Waals surface area (Å²) in [4.78, 5) is 0. The van der Waals surface area contributed by atoms with Gasteiger partial charge in [0.05, 0.1) is 12.7 Å². The molecule has 114 valence electrons. The minimum Gasteiger partial charge on any atom is -0.491 e. The van der Waals surface area contributed by atoms with E-state index in [0.29, 0.717) is 17.3 Å². The average molecular weight is 310 g/mol. The number of halogens is 1. The summed E-state index contributed by atoms with van der Waals surface area (Å²) in [6.45, 7) is 4.26. The molecule has 0 aliphatic carbocycles. The summed E-state index contributed by atoms with van der Waals surface area (Å²) < 4.78 is 7.35. The molecular formula is C15H20ClN3O2. The summed E-state index contributed by atoms with van der Waals surface area (Å²) >= 11 is 5.79. The Morgan fingerprint density at radius 1 is 1.38 bits per heavy atom. The highest BCUT2D eigenvalue weighted by Crippen LogP contribution is 2.15. The molecule has 0 unspecified atom stereocenters. The molecule has 0 radical (unpaired) electrons. The van der Waals surface area contributed by atoms with Crippen molar-refractivity contribution in [2.75, 3.05) is 19.7 Å². The van der Waals surface area contributed by atoms with E-state index in [1.807, 2.05) is 24.0 Å². The van der Waals surface area contributed by atoms with Gasteiger partial charge in [0.25, 0.3) is 0 Å². The van der Waals surface area contributed by atoms with E-state index in [0.717, 1.165) is 18.7 Å². The lowest BCUT2D eigenvalue weighted by atomic mass is 10.3. The molecule has 1 aromatic heterocycles. The van der Waals surface area contributed by atoms with Crippen molar-refractivity contribution in [3.63, 3.8) is 0 Å². The standard InChI is InChI=1S/C15H20ClN3O2/c1-12-8-18-19(10-12)7-6-17-9-14(20)11-21-15-4-2-13(16)3-5-15/h2-5,8,10,14,17,20H,6-7,9,11H2,1H3/t14-/m1/s1. The molecule has 0 aliphatic heterocycles. The summed E-state index contributed by atoms with van der Waals surface area (Å²) in [6, 6.07) is 7.08. The maximum atomic E-state index is 9.83. The van der Waals surface area contributed by atoms with Crippen LogP contribution >= 0.6 is 11.6 Å². The van der Waals surface area contributed by atoms with Crippen molar-refractivity contribution in [2.45, 2.75) is 19.6 Å². The van der Waals surface area contributed by atoms with Crippen LogP contribution in [0.5, 0.6) is 5.75 Å². The number of rotatable bonds is 8. The third kappa shape index (κ3) is 5.75. The van der Waals surface area contributed by atoms with Crippen LogP contribution in [0, 0.1) is 6.92 Å². The van der Waals surface area contributed by atoms with E-state index in [1.54, 1.807) is 24.3 Å². The second-order valence-corrected chi connectivity index (χ2v) is 5.34. The number of nitrogens with zero attached hydrogens (tertiary/aromatic N) is 2. The van der Waals surface area contributed by atoms with Crippen molar-refractivity contribution in [1.29, 1.82) is 0 Å². The lowest BCUT2D eigenvalue weighted by Crippen LogP contribution is -2.33. The van der Waals surface area contributed by atoms with Crippen molar-refractivity contribution < 1.29 is 9.84 Å². The molecule has 1 atom stereocenters. The number of hydrogen-bond donors (Lipinski definition) is 2. The summed E-state index contributed by atoms with van der Waals surface area (Å²) in [5.41, 5.74) is 1.14. The molecule has 2 N–H and O–H groups in total. The van der Waals surface area contributed by atoms with Gasteiger partial charge < -0.3 is 15.2 Å². The highest BCUT2D eigenvalue weighted by molar-refractivity contribution is 6.30. The smallest absolute Gasteiger partial charge is 0.119 e. The van der Waals surface area contributed by atoms with E-state index in [1.165, 1.54) is 0 Å². The van der Waals surface area contributed by atoms with Crippen molar-refractivity contribution >= 4 is 11.6 Å². The fourth-order valence-corrected chi connectivity index (χ4v) is 1.96. The van der Waals surface area contributed by atoms with Gasteiger partial charge in [-0.25, -0.2) is 0 Å². The molecule has 6 heteroatoms. The van der Waals surface area contributed by atoms with Gasteiger partial charge in [-0.1, -0.05) is 11.6 Å². The molecule has 2 aromatic rings. The number of aliphatic hydroxyl groups is 1. The van der Waals surface area contributed by atoms with Crippen LogP contribution in [-0.2, 0) is 6.54 Å². The van der Waals surface area contributed by atoms with Crippen molar-refractivity contribution in [3.05, 3.63) is 47.2 Å². The molecule has 1 aromatic carbocycles. The molecule has 0 bridgehead atoms. The molecule has 5 nitrogen and oxygen atoms in total. The van der Waals surface area contributed by atoms with Gasteiger partial charge >= 0.3 is 0 Å². The Balaban J connectivity index is 1.59. The van der Waals surface area contributed by atoms with E-state index in [-0.39, 0.29) is 6.61 Å². The molecule has 0 spiro atoms. The second kappa shape index (κ2) is 8.02. The Bertz CT molecular complexity index is 542. The SMILES string of the molecule is Cc1cnn(CCNC[C@@H](O)COc2ccc(Cl)cc2)c1. The number of aliphatic hydroxyl groups excluding tert-OH is 1. The van der Waals surface area contributed by atoms with Gasteiger partial charge in [-0.05, 0) is 36.8 Å². The lowest BCUT2D eigenvalue weighted by molar-refractivity contribution is 0.106. The first-order valence-electron chi connectivity index (χ1n) is 6.89. The molecule has 0 saturated carbocycles. The van der Waals surface area contributed by atoms with Crippen LogP contribution in [0.4, 0.5) is 0 Å². The summed E-state index contributed by atoms with van der Waals surface area (Å²) in [5, 5.41) is 17.9. The fraction of sp³-hybridized carbons (Fsp3) is 0.400. The Morgan fingerprint density at radius 3 is 2.81 bits per heavy atom. The molecular weight excluding hydrogens is 290 g/mol. The van der Waals surface area contributed by atoms with Crippen molar-refractivity contribution in [1.82, 2.24) is 15.1 Å². The summed E-state index contributed by atoms with van der Waals surface area (Å²) in [5.74, 6) is 0.700. The van der Waals surface area contributed by atoms with E-state index in [9.17, 15) is 5.11 Å². The Kier molecular flexibility index (Phi) is 6.04. The van der Waals surface area contributed by atoms with E-state index in [2.05, 4.69) is 10.4 Å². The van der Waals surface area contributed by atoms with Crippen molar-refractivity contribution in [3.8, 4) is 5.75 Å². The van der Waals surface area contributed by atoms with Crippen LogP contribution in [0.1, 0.15) is 5.56 Å². The van der Waals surface area contributed by atoms with Crippen LogP contribution in [-0.4, -0.2) is 40.7 Å². The Labute approximate surface area is 129 Å². The zero-order chi connectivity index (χ0) is 15.1. The molecule has 0 saturated heterocycles. The lowest BCUT2D eigenvalue weighted by Gasteiger charge is -2.13. The largest absolute Gasteiger partial charge is 0.491 e. The predicted octanol–water partition coefficient (Wildman–Crippen LogP) is 1.87. The maximum absolute atomic E-state index is 9.83. The van der Waals surface area contributed by atoms with Crippen molar-refractivity contribution in [2.24, 2.45) is 0 Å². The van der Waals surface area contributed by atoms with Gasteiger partial charge in [0, 0.05) is 24.3 Å². The van der Waals surface area contributed by atoms with Gasteiger partial charge in [0.2, 0.25) is 0 Å². The summed E-state index contributed by atoms with van der Waals surface area (Å²) in [6.07, 6.45) is 3.26. The first-order valence-corrected chi connectivity index (χ1v) is 7.27. The van der Waals surface area contributed by atoms with Gasteiger partial charge in [0.15, 0.2) is 0 Å². The first kappa shape index (κ1) is 15.8. The maximum Gasteiger partial charge on any atom is 0.119 e. The number of aromatic nitrogens is 2. The highest BCUT2D eigenvalue weighted by atomic mass is 35.5. The van der Waals surface area contributed by atoms with Gasteiger partial charge in [0.1, 0.15) is 18.5 Å². The molecule has 21 heavy (non-hydrogen) atoms. The molecule has 0 amide bonds. The number of hydrogen-bond acceptors (Lipinski definition) is 4. The first-order chi connectivity index (χ1) is 10.1. The minimum atomic E-state index is -0.556. The van der Waals surface area contributed by atoms with Crippen LogP contribution in [0.2, 0.25) is 5.02 Å². The van der Waals surface area contributed by atoms with E-state index >= 15 is 0 Å². The summed E-state index contributed by atoms with van der Waals surface area (Å²) in [7, 11) is 0. The highest BCUT2D eigenvalue weighted by Gasteiger charge is 2.05. The van der Waals surface area contributed by atoms with Gasteiger partial charge in [-0.3, -0.25) is 4.68 Å². The van der Waals surface area contributed by atoms with Gasteiger partial charge in [-0.15, -0.1) is 0 Å². The Morgan fingerprint density at radius 2 is 2.14 bits per heavy atom. The molecule has 0 fully saturated rings. The minimum absolute atomic E-state index is 0.246. The van der Waals surface area contributed by atoms with E-state index in [4.69, 9.17) is 16.3 Å². The van der Waals surface area contributed by atoms with Crippen LogP contribution < -0.4 is 10.1 Å². The quantitative estimate of drug-likeness (QED) is 0.731. The number of ether oxygens (including phenoxy) is 1.